The summed E-state index contributed by atoms with van der Waals surface area (Å²) in [7, 11) is 3.31. The van der Waals surface area contributed by atoms with E-state index in [1.807, 2.05) is 10.6 Å². The van der Waals surface area contributed by atoms with Crippen LogP contribution in [0.1, 0.15) is 34.6 Å². The first-order valence-corrected chi connectivity index (χ1v) is 10.0. The largest absolute Gasteiger partial charge is 0.383 e. The third-order valence-electron chi connectivity index (χ3n) is 5.40. The van der Waals surface area contributed by atoms with Crippen LogP contribution in [0.5, 0.6) is 0 Å². The number of pyridine rings is 1. The monoisotopic (exact) mass is 474 g/mol. The van der Waals surface area contributed by atoms with Crippen LogP contribution in [0.4, 0.5) is 0 Å². The van der Waals surface area contributed by atoms with Gasteiger partial charge in [0.05, 0.1) is 13.2 Å². The van der Waals surface area contributed by atoms with Crippen molar-refractivity contribution in [2.45, 2.75) is 39.4 Å². The van der Waals surface area contributed by atoms with Crippen molar-refractivity contribution in [3.05, 3.63) is 45.9 Å². The Morgan fingerprint density at radius 1 is 1.35 bits per heavy atom. The van der Waals surface area contributed by atoms with Crippen LogP contribution in [-0.4, -0.2) is 64.0 Å². The van der Waals surface area contributed by atoms with Gasteiger partial charge in [-0.1, -0.05) is 0 Å². The van der Waals surface area contributed by atoms with Gasteiger partial charge < -0.3 is 24.1 Å². The van der Waals surface area contributed by atoms with E-state index in [0.29, 0.717) is 37.0 Å². The van der Waals surface area contributed by atoms with E-state index in [9.17, 15) is 9.59 Å². The number of hydrogen-bond donors (Lipinski definition) is 1. The van der Waals surface area contributed by atoms with Crippen LogP contribution in [0.15, 0.2) is 23.4 Å². The van der Waals surface area contributed by atoms with Crippen molar-refractivity contribution in [2.75, 3.05) is 33.9 Å². The molecule has 1 N–H and O–H groups in total. The predicted octanol–water partition coefficient (Wildman–Crippen LogP) is 1.51. The molecule has 0 radical (unpaired) electrons. The zero-order valence-corrected chi connectivity index (χ0v) is 19.9. The highest BCUT2D eigenvalue weighted by molar-refractivity contribution is 5.95. The van der Waals surface area contributed by atoms with Gasteiger partial charge in [-0.3, -0.25) is 9.59 Å². The molecule has 1 aliphatic rings. The summed E-state index contributed by atoms with van der Waals surface area (Å²) in [5.41, 5.74) is 0.681. The first-order chi connectivity index (χ1) is 14.0. The molecule has 0 bridgehead atoms. The summed E-state index contributed by atoms with van der Waals surface area (Å²) in [5.74, 6) is 0.758. The van der Waals surface area contributed by atoms with Gasteiger partial charge in [0, 0.05) is 33.4 Å². The second kappa shape index (κ2) is 12.8. The number of ether oxygens (including phenoxy) is 1. The number of amides is 1. The molecule has 2 aromatic heterocycles. The van der Waals surface area contributed by atoms with Gasteiger partial charge >= 0.3 is 0 Å². The number of aromatic nitrogens is 4. The van der Waals surface area contributed by atoms with Crippen molar-refractivity contribution in [1.82, 2.24) is 29.5 Å². The quantitative estimate of drug-likeness (QED) is 0.622. The molecule has 11 heteroatoms. The van der Waals surface area contributed by atoms with E-state index in [2.05, 4.69) is 15.5 Å². The summed E-state index contributed by atoms with van der Waals surface area (Å²) in [5, 5.41) is 11.4. The summed E-state index contributed by atoms with van der Waals surface area (Å²) < 4.78 is 8.61. The second-order valence-electron chi connectivity index (χ2n) is 7.64. The van der Waals surface area contributed by atoms with E-state index < -0.39 is 0 Å². The Bertz CT molecular complexity index is 895. The molecule has 174 valence electrons. The SMILES string of the molecule is COCCn1cnnc1CN(C)C(=O)c1c(C)ccn(CC2CCCNC2)c1=O.Cl.Cl. The summed E-state index contributed by atoms with van der Waals surface area (Å²) in [6.45, 7) is 5.76. The number of nitrogens with zero attached hydrogens (tertiary/aromatic N) is 5. The number of carbonyl (C=O) groups excluding carboxylic acids is 1. The smallest absolute Gasteiger partial charge is 0.263 e. The molecule has 1 atom stereocenters. The zero-order chi connectivity index (χ0) is 20.8. The maximum absolute atomic E-state index is 13.1. The van der Waals surface area contributed by atoms with Gasteiger partial charge in [0.1, 0.15) is 11.9 Å². The lowest BCUT2D eigenvalue weighted by atomic mass is 9.99. The van der Waals surface area contributed by atoms with E-state index in [-0.39, 0.29) is 48.4 Å². The fourth-order valence-electron chi connectivity index (χ4n) is 3.68. The predicted molar refractivity (Wildman–Crippen MR) is 123 cm³/mol. The van der Waals surface area contributed by atoms with Gasteiger partial charge in [-0.05, 0) is 50.4 Å². The first kappa shape index (κ1) is 27.1. The standard InChI is InChI=1S/C20H30N6O3.2ClH/c1-15-6-8-25(12-16-5-4-7-21-11-16)20(28)18(15)19(27)24(2)13-17-23-22-14-26(17)9-10-29-3;;/h6,8,14,16,21H,4-5,7,9-13H2,1-3H3;2*1H. The lowest BCUT2D eigenvalue weighted by Crippen LogP contribution is -2.38. The maximum Gasteiger partial charge on any atom is 0.263 e. The number of nitrogens with one attached hydrogen (secondary N) is 1. The van der Waals surface area contributed by atoms with Crippen LogP contribution in [0.3, 0.4) is 0 Å². The van der Waals surface area contributed by atoms with Crippen LogP contribution >= 0.6 is 24.8 Å². The van der Waals surface area contributed by atoms with Crippen molar-refractivity contribution < 1.29 is 9.53 Å². The first-order valence-electron chi connectivity index (χ1n) is 10.0. The Hall–Kier alpha value is -1.94. The van der Waals surface area contributed by atoms with Crippen molar-refractivity contribution >= 4 is 30.7 Å². The van der Waals surface area contributed by atoms with Crippen LogP contribution in [0.25, 0.3) is 0 Å². The number of aryl methyl sites for hydroxylation is 1. The number of methoxy groups -OCH3 is 1. The van der Waals surface area contributed by atoms with Gasteiger partial charge in [0.2, 0.25) is 0 Å². The van der Waals surface area contributed by atoms with E-state index in [4.69, 9.17) is 4.74 Å². The van der Waals surface area contributed by atoms with Crippen molar-refractivity contribution in [1.29, 1.82) is 0 Å². The van der Waals surface area contributed by atoms with Crippen LogP contribution in [0, 0.1) is 12.8 Å². The normalized spacial score (nSPS) is 15.6. The topological polar surface area (TPSA) is 94.3 Å². The summed E-state index contributed by atoms with van der Waals surface area (Å²) in [6, 6.07) is 1.85. The molecule has 3 rings (SSSR count). The van der Waals surface area contributed by atoms with Gasteiger partial charge in [0.15, 0.2) is 5.82 Å². The molecule has 0 saturated carbocycles. The highest BCUT2D eigenvalue weighted by Crippen LogP contribution is 2.13. The molecule has 2 aromatic rings. The molecule has 1 unspecified atom stereocenters. The molecule has 3 heterocycles. The average Bonchev–Trinajstić information content (AvgIpc) is 3.16. The second-order valence-corrected chi connectivity index (χ2v) is 7.64. The highest BCUT2D eigenvalue weighted by atomic mass is 35.5. The van der Waals surface area contributed by atoms with Gasteiger partial charge in [-0.25, -0.2) is 0 Å². The Morgan fingerprint density at radius 3 is 2.81 bits per heavy atom. The summed E-state index contributed by atoms with van der Waals surface area (Å²) in [4.78, 5) is 27.7. The molecule has 1 aliphatic heterocycles. The fraction of sp³-hybridized carbons (Fsp3) is 0.600. The van der Waals surface area contributed by atoms with E-state index in [0.717, 1.165) is 25.9 Å². The molecule has 1 amide bonds. The number of piperidine rings is 1. The highest BCUT2D eigenvalue weighted by Gasteiger charge is 2.22. The van der Waals surface area contributed by atoms with Crippen LogP contribution < -0.4 is 10.9 Å². The van der Waals surface area contributed by atoms with E-state index >= 15 is 0 Å². The van der Waals surface area contributed by atoms with Gasteiger partial charge in [0.25, 0.3) is 11.5 Å². The fourth-order valence-corrected chi connectivity index (χ4v) is 3.68. The molecule has 1 fully saturated rings. The lowest BCUT2D eigenvalue weighted by molar-refractivity contribution is 0.0775. The average molecular weight is 475 g/mol. The molecular weight excluding hydrogens is 443 g/mol. The minimum Gasteiger partial charge on any atom is -0.383 e. The van der Waals surface area contributed by atoms with Crippen molar-refractivity contribution in [3.63, 3.8) is 0 Å². The lowest BCUT2D eigenvalue weighted by Gasteiger charge is -2.24. The van der Waals surface area contributed by atoms with Gasteiger partial charge in [-0.15, -0.1) is 35.0 Å². The molecule has 31 heavy (non-hydrogen) atoms. The number of halogens is 2. The maximum atomic E-state index is 13.1. The molecule has 9 nitrogen and oxygen atoms in total. The van der Waals surface area contributed by atoms with Crippen molar-refractivity contribution in [3.8, 4) is 0 Å². The molecule has 0 aromatic carbocycles. The summed E-state index contributed by atoms with van der Waals surface area (Å²) >= 11 is 0. The van der Waals surface area contributed by atoms with Crippen LogP contribution in [-0.2, 0) is 24.4 Å². The number of hydrogen-bond acceptors (Lipinski definition) is 6. The number of carbonyl (C=O) groups is 1. The van der Waals surface area contributed by atoms with Gasteiger partial charge in [-0.2, -0.15) is 0 Å². The Morgan fingerprint density at radius 2 is 2.13 bits per heavy atom. The zero-order valence-electron chi connectivity index (χ0n) is 18.2. The van der Waals surface area contributed by atoms with Crippen LogP contribution in [0.2, 0.25) is 0 Å². The molecule has 0 spiro atoms. The van der Waals surface area contributed by atoms with E-state index in [1.54, 1.807) is 38.2 Å². The van der Waals surface area contributed by atoms with E-state index in [1.165, 1.54) is 4.90 Å². The van der Waals surface area contributed by atoms with Crippen molar-refractivity contribution in [2.24, 2.45) is 5.92 Å². The minimum absolute atomic E-state index is 0. The molecule has 0 aliphatic carbocycles. The Balaban J connectivity index is 0.00000240. The third kappa shape index (κ3) is 6.77. The molecular formula is C20H32Cl2N6O3. The Kier molecular flexibility index (Phi) is 11.2. The molecule has 1 saturated heterocycles. The third-order valence-corrected chi connectivity index (χ3v) is 5.40. The Labute approximate surface area is 195 Å². The summed E-state index contributed by atoms with van der Waals surface area (Å²) in [6.07, 6.45) is 5.62. The minimum atomic E-state index is -0.301. The number of rotatable bonds is 8.